The van der Waals surface area contributed by atoms with Gasteiger partial charge < -0.3 is 9.64 Å². The summed E-state index contributed by atoms with van der Waals surface area (Å²) >= 11 is 5.92. The van der Waals surface area contributed by atoms with Crippen molar-refractivity contribution < 1.29 is 4.74 Å². The molecule has 1 aliphatic rings. The average Bonchev–Trinajstić information content (AvgIpc) is 2.76. The molecule has 1 aliphatic heterocycles. The van der Waals surface area contributed by atoms with Gasteiger partial charge in [0.2, 0.25) is 5.28 Å². The maximum absolute atomic E-state index is 5.92. The lowest BCUT2D eigenvalue weighted by Crippen LogP contribution is -2.44. The number of aromatic amines is 1. The number of H-pyrrole nitrogens is 1. The van der Waals surface area contributed by atoms with Crippen LogP contribution in [0, 0.1) is 0 Å². The van der Waals surface area contributed by atoms with Gasteiger partial charge in [0.1, 0.15) is 5.82 Å². The number of nitrogens with one attached hydrogen (secondary N) is 1. The van der Waals surface area contributed by atoms with E-state index in [-0.39, 0.29) is 11.3 Å². The molecule has 1 fully saturated rings. The van der Waals surface area contributed by atoms with Gasteiger partial charge in [0.15, 0.2) is 5.65 Å². The number of morpholine rings is 1. The Bertz CT molecular complexity index is 542. The van der Waals surface area contributed by atoms with Gasteiger partial charge in [0.05, 0.1) is 30.8 Å². The van der Waals surface area contributed by atoms with Crippen LogP contribution in [0.3, 0.4) is 0 Å². The molecular formula is C10H12ClN5O. The van der Waals surface area contributed by atoms with Gasteiger partial charge >= 0.3 is 0 Å². The Labute approximate surface area is 103 Å². The molecule has 0 aromatic carbocycles. The lowest BCUT2D eigenvalue weighted by molar-refractivity contribution is 0.0987. The molecule has 6 nitrogen and oxygen atoms in total. The third-order valence-corrected chi connectivity index (χ3v) is 3.07. The van der Waals surface area contributed by atoms with Crippen molar-refractivity contribution in [3.05, 3.63) is 11.5 Å². The number of aromatic nitrogens is 4. The number of fused-ring (bicyclic) bond motifs is 1. The summed E-state index contributed by atoms with van der Waals surface area (Å²) in [6.45, 7) is 4.29. The lowest BCUT2D eigenvalue weighted by Gasteiger charge is -2.34. The maximum atomic E-state index is 5.92. The van der Waals surface area contributed by atoms with Crippen molar-refractivity contribution in [2.45, 2.75) is 13.0 Å². The minimum Gasteiger partial charge on any atom is -0.377 e. The van der Waals surface area contributed by atoms with Gasteiger partial charge in [-0.3, -0.25) is 5.10 Å². The first-order valence-electron chi connectivity index (χ1n) is 5.46. The van der Waals surface area contributed by atoms with Crippen LogP contribution in [0.25, 0.3) is 11.0 Å². The normalized spacial score (nSPS) is 21.1. The summed E-state index contributed by atoms with van der Waals surface area (Å²) in [4.78, 5) is 10.6. The molecule has 17 heavy (non-hydrogen) atoms. The Balaban J connectivity index is 2.11. The number of hydrogen-bond donors (Lipinski definition) is 1. The van der Waals surface area contributed by atoms with E-state index in [1.165, 1.54) is 0 Å². The van der Waals surface area contributed by atoms with Gasteiger partial charge in [-0.2, -0.15) is 15.1 Å². The van der Waals surface area contributed by atoms with E-state index in [1.807, 2.05) is 0 Å². The number of halogens is 1. The molecule has 90 valence electrons. The second kappa shape index (κ2) is 4.12. The minimum atomic E-state index is 0.232. The monoisotopic (exact) mass is 253 g/mol. The molecule has 1 atom stereocenters. The molecule has 0 saturated carbocycles. The fraction of sp³-hybridized carbons (Fsp3) is 0.500. The van der Waals surface area contributed by atoms with Gasteiger partial charge in [-0.05, 0) is 18.5 Å². The zero-order valence-corrected chi connectivity index (χ0v) is 10.1. The molecule has 0 bridgehead atoms. The van der Waals surface area contributed by atoms with Gasteiger partial charge in [-0.1, -0.05) is 0 Å². The molecule has 0 aliphatic carbocycles. The lowest BCUT2D eigenvalue weighted by atomic mass is 10.2. The molecule has 3 rings (SSSR count). The summed E-state index contributed by atoms with van der Waals surface area (Å²) in [6.07, 6.45) is 1.73. The molecule has 3 heterocycles. The fourth-order valence-corrected chi connectivity index (χ4v) is 2.22. The average molecular weight is 254 g/mol. The highest BCUT2D eigenvalue weighted by Gasteiger charge is 2.23. The van der Waals surface area contributed by atoms with Crippen molar-refractivity contribution in [2.24, 2.45) is 0 Å². The van der Waals surface area contributed by atoms with E-state index < -0.39 is 0 Å². The molecule has 0 unspecified atom stereocenters. The smallest absolute Gasteiger partial charge is 0.226 e. The van der Waals surface area contributed by atoms with Crippen LogP contribution in [0.15, 0.2) is 6.20 Å². The molecule has 1 saturated heterocycles. The van der Waals surface area contributed by atoms with E-state index in [0.29, 0.717) is 18.9 Å². The first-order valence-corrected chi connectivity index (χ1v) is 5.84. The van der Waals surface area contributed by atoms with Crippen molar-refractivity contribution in [1.29, 1.82) is 0 Å². The van der Waals surface area contributed by atoms with E-state index in [9.17, 15) is 0 Å². The summed E-state index contributed by atoms with van der Waals surface area (Å²) in [7, 11) is 0. The summed E-state index contributed by atoms with van der Waals surface area (Å²) < 4.78 is 5.42. The highest BCUT2D eigenvalue weighted by Crippen LogP contribution is 2.26. The second-order valence-electron chi connectivity index (χ2n) is 4.07. The number of ether oxygens (including phenoxy) is 1. The topological polar surface area (TPSA) is 66.9 Å². The summed E-state index contributed by atoms with van der Waals surface area (Å²) in [5.41, 5.74) is 0.665. The molecule has 0 spiro atoms. The molecule has 0 radical (unpaired) electrons. The minimum absolute atomic E-state index is 0.232. The Hall–Kier alpha value is -1.40. The first kappa shape index (κ1) is 10.7. The van der Waals surface area contributed by atoms with Crippen molar-refractivity contribution in [3.63, 3.8) is 0 Å². The van der Waals surface area contributed by atoms with Crippen LogP contribution in [0.2, 0.25) is 5.28 Å². The van der Waals surface area contributed by atoms with E-state index in [4.69, 9.17) is 16.3 Å². The number of anilines is 1. The number of hydrogen-bond acceptors (Lipinski definition) is 5. The van der Waals surface area contributed by atoms with Crippen molar-refractivity contribution >= 4 is 28.5 Å². The Morgan fingerprint density at radius 1 is 1.53 bits per heavy atom. The van der Waals surface area contributed by atoms with Gasteiger partial charge in [-0.25, -0.2) is 0 Å². The van der Waals surface area contributed by atoms with Crippen LogP contribution in [-0.2, 0) is 4.74 Å². The van der Waals surface area contributed by atoms with Crippen LogP contribution < -0.4 is 4.90 Å². The molecular weight excluding hydrogens is 242 g/mol. The molecule has 2 aromatic heterocycles. The van der Waals surface area contributed by atoms with Crippen LogP contribution in [-0.4, -0.2) is 46.0 Å². The number of rotatable bonds is 1. The van der Waals surface area contributed by atoms with E-state index in [2.05, 4.69) is 32.0 Å². The third kappa shape index (κ3) is 1.83. The third-order valence-electron chi connectivity index (χ3n) is 2.90. The molecule has 0 amide bonds. The zero-order valence-electron chi connectivity index (χ0n) is 9.35. The van der Waals surface area contributed by atoms with Crippen molar-refractivity contribution in [3.8, 4) is 0 Å². The molecule has 1 N–H and O–H groups in total. The fourth-order valence-electron chi connectivity index (χ4n) is 2.05. The van der Waals surface area contributed by atoms with Crippen LogP contribution in [0.4, 0.5) is 5.82 Å². The summed E-state index contributed by atoms with van der Waals surface area (Å²) in [6, 6.07) is 0.271. The zero-order chi connectivity index (χ0) is 11.8. The Morgan fingerprint density at radius 3 is 3.24 bits per heavy atom. The summed E-state index contributed by atoms with van der Waals surface area (Å²) in [5.74, 6) is 0.824. The van der Waals surface area contributed by atoms with Crippen LogP contribution in [0.1, 0.15) is 6.92 Å². The number of nitrogens with zero attached hydrogens (tertiary/aromatic N) is 4. The first-order chi connectivity index (χ1) is 8.25. The predicted octanol–water partition coefficient (Wildman–Crippen LogP) is 1.23. The second-order valence-corrected chi connectivity index (χ2v) is 4.40. The van der Waals surface area contributed by atoms with Gasteiger partial charge in [0.25, 0.3) is 0 Å². The highest BCUT2D eigenvalue weighted by atomic mass is 35.5. The van der Waals surface area contributed by atoms with E-state index in [1.54, 1.807) is 6.20 Å². The van der Waals surface area contributed by atoms with E-state index in [0.717, 1.165) is 17.7 Å². The van der Waals surface area contributed by atoms with Gasteiger partial charge in [-0.15, -0.1) is 0 Å². The van der Waals surface area contributed by atoms with E-state index >= 15 is 0 Å². The Morgan fingerprint density at radius 2 is 2.41 bits per heavy atom. The highest BCUT2D eigenvalue weighted by molar-refractivity contribution is 6.28. The van der Waals surface area contributed by atoms with Crippen molar-refractivity contribution in [2.75, 3.05) is 24.7 Å². The van der Waals surface area contributed by atoms with Crippen LogP contribution in [0.5, 0.6) is 0 Å². The SMILES string of the molecule is C[C@@H]1COCCN1c1nc(Cl)nc2[nH]ncc12. The largest absolute Gasteiger partial charge is 0.377 e. The summed E-state index contributed by atoms with van der Waals surface area (Å²) in [5, 5.41) is 7.91. The van der Waals surface area contributed by atoms with Crippen LogP contribution >= 0.6 is 11.6 Å². The quantitative estimate of drug-likeness (QED) is 0.775. The Kier molecular flexibility index (Phi) is 2.60. The standard InChI is InChI=1S/C10H12ClN5O/c1-6-5-17-3-2-16(6)9-7-4-12-15-8(7)13-10(11)14-9/h4,6H,2-3,5H2,1H3,(H,12,13,14,15)/t6-/m1/s1. The molecule has 2 aromatic rings. The van der Waals surface area contributed by atoms with Gasteiger partial charge in [0, 0.05) is 6.54 Å². The van der Waals surface area contributed by atoms with Crippen molar-refractivity contribution in [1.82, 2.24) is 20.2 Å². The molecule has 7 heteroatoms. The predicted molar refractivity (Wildman–Crippen MR) is 64.3 cm³/mol. The maximum Gasteiger partial charge on any atom is 0.226 e.